The van der Waals surface area contributed by atoms with E-state index < -0.39 is 34.4 Å². The van der Waals surface area contributed by atoms with Crippen LogP contribution in [0.15, 0.2) is 29.1 Å². The number of benzene rings is 1. The fourth-order valence-corrected chi connectivity index (χ4v) is 2.00. The van der Waals surface area contributed by atoms with Crippen LogP contribution in [0.1, 0.15) is 20.7 Å². The van der Waals surface area contributed by atoms with Crippen LogP contribution >= 0.6 is 0 Å². The summed E-state index contributed by atoms with van der Waals surface area (Å²) < 4.78 is 0. The first-order valence-corrected chi connectivity index (χ1v) is 5.64. The Morgan fingerprint density at radius 1 is 1.10 bits per heavy atom. The molecule has 2 aromatic rings. The highest BCUT2D eigenvalue weighted by Crippen LogP contribution is 2.30. The van der Waals surface area contributed by atoms with Crippen molar-refractivity contribution in [3.63, 3.8) is 0 Å². The lowest BCUT2D eigenvalue weighted by molar-refractivity contribution is 0.0695. The molecule has 0 aliphatic carbocycles. The van der Waals surface area contributed by atoms with Gasteiger partial charge >= 0.3 is 11.9 Å². The third-order valence-corrected chi connectivity index (χ3v) is 2.81. The van der Waals surface area contributed by atoms with Gasteiger partial charge in [0.25, 0.3) is 5.56 Å². The Balaban J connectivity index is 2.99. The predicted octanol–water partition coefficient (Wildman–Crippen LogP) is 0.726. The standard InChI is InChI=1S/C13H10N2O6/c14-10-8(12(18)19)7(5-2-1-3-6(16)4-5)9(13(20)21)11(17)15-10/h1-4,16H,(H,18,19)(H,20,21)(H3,14,15,17). The van der Waals surface area contributed by atoms with Crippen molar-refractivity contribution >= 4 is 17.8 Å². The summed E-state index contributed by atoms with van der Waals surface area (Å²) in [6, 6.07) is 5.22. The minimum atomic E-state index is -1.60. The van der Waals surface area contributed by atoms with Crippen LogP contribution in [-0.2, 0) is 0 Å². The van der Waals surface area contributed by atoms with E-state index in [1.165, 1.54) is 18.2 Å². The van der Waals surface area contributed by atoms with Gasteiger partial charge in [0, 0.05) is 5.56 Å². The molecular formula is C13H10N2O6. The first kappa shape index (κ1) is 14.1. The van der Waals surface area contributed by atoms with Gasteiger partial charge < -0.3 is 26.0 Å². The summed E-state index contributed by atoms with van der Waals surface area (Å²) in [5.41, 5.74) is 2.85. The highest BCUT2D eigenvalue weighted by atomic mass is 16.4. The van der Waals surface area contributed by atoms with Gasteiger partial charge in [0.15, 0.2) is 0 Å². The number of nitrogen functional groups attached to an aromatic ring is 1. The summed E-state index contributed by atoms with van der Waals surface area (Å²) >= 11 is 0. The molecular weight excluding hydrogens is 280 g/mol. The van der Waals surface area contributed by atoms with Crippen molar-refractivity contribution in [2.24, 2.45) is 0 Å². The highest BCUT2D eigenvalue weighted by molar-refractivity contribution is 6.07. The lowest BCUT2D eigenvalue weighted by Gasteiger charge is -2.12. The summed E-state index contributed by atoms with van der Waals surface area (Å²) in [5.74, 6) is -3.77. The molecule has 0 bridgehead atoms. The number of nitrogens with two attached hydrogens (primary N) is 1. The average molecular weight is 290 g/mol. The van der Waals surface area contributed by atoms with Crippen molar-refractivity contribution in [3.8, 4) is 16.9 Å². The maximum Gasteiger partial charge on any atom is 0.342 e. The highest BCUT2D eigenvalue weighted by Gasteiger charge is 2.26. The lowest BCUT2D eigenvalue weighted by atomic mass is 9.95. The van der Waals surface area contributed by atoms with Crippen LogP contribution in [0.25, 0.3) is 11.1 Å². The van der Waals surface area contributed by atoms with E-state index in [0.29, 0.717) is 0 Å². The van der Waals surface area contributed by atoms with E-state index in [9.17, 15) is 24.6 Å². The number of rotatable bonds is 3. The van der Waals surface area contributed by atoms with Gasteiger partial charge in [0.2, 0.25) is 0 Å². The zero-order valence-corrected chi connectivity index (χ0v) is 10.5. The maximum absolute atomic E-state index is 11.8. The van der Waals surface area contributed by atoms with Crippen LogP contribution < -0.4 is 11.3 Å². The van der Waals surface area contributed by atoms with Crippen LogP contribution in [-0.4, -0.2) is 32.2 Å². The number of carboxylic acid groups (broad SMARTS) is 2. The number of aromatic nitrogens is 1. The number of nitrogens with one attached hydrogen (secondary N) is 1. The molecule has 0 saturated heterocycles. The van der Waals surface area contributed by atoms with Crippen molar-refractivity contribution in [1.82, 2.24) is 4.98 Å². The van der Waals surface area contributed by atoms with Gasteiger partial charge in [-0.3, -0.25) is 4.79 Å². The number of hydrogen-bond acceptors (Lipinski definition) is 5. The average Bonchev–Trinajstić information content (AvgIpc) is 2.36. The molecule has 0 aliphatic heterocycles. The fraction of sp³-hybridized carbons (Fsp3) is 0. The number of phenols is 1. The molecule has 0 saturated carbocycles. The number of aromatic amines is 1. The lowest BCUT2D eigenvalue weighted by Crippen LogP contribution is -2.24. The Morgan fingerprint density at radius 3 is 2.24 bits per heavy atom. The zero-order valence-electron chi connectivity index (χ0n) is 10.5. The van der Waals surface area contributed by atoms with Gasteiger partial charge in [-0.1, -0.05) is 12.1 Å². The number of anilines is 1. The molecule has 0 spiro atoms. The molecule has 21 heavy (non-hydrogen) atoms. The van der Waals surface area contributed by atoms with E-state index in [4.69, 9.17) is 10.8 Å². The molecule has 0 unspecified atom stereocenters. The molecule has 8 nitrogen and oxygen atoms in total. The van der Waals surface area contributed by atoms with Crippen LogP contribution in [0.2, 0.25) is 0 Å². The number of H-pyrrole nitrogens is 1. The second-order valence-electron chi connectivity index (χ2n) is 4.15. The van der Waals surface area contributed by atoms with Gasteiger partial charge in [-0.2, -0.15) is 0 Å². The minimum Gasteiger partial charge on any atom is -0.508 e. The number of aromatic hydroxyl groups is 1. The number of carboxylic acids is 2. The van der Waals surface area contributed by atoms with Crippen LogP contribution in [0.4, 0.5) is 5.82 Å². The summed E-state index contributed by atoms with van der Waals surface area (Å²) in [5, 5.41) is 27.8. The van der Waals surface area contributed by atoms with Crippen LogP contribution in [0.5, 0.6) is 5.75 Å². The summed E-state index contributed by atoms with van der Waals surface area (Å²) in [6.45, 7) is 0. The van der Waals surface area contributed by atoms with Gasteiger partial charge in [0.1, 0.15) is 22.7 Å². The van der Waals surface area contributed by atoms with Crippen molar-refractivity contribution in [3.05, 3.63) is 45.7 Å². The Hall–Kier alpha value is -3.29. The van der Waals surface area contributed by atoms with Crippen molar-refractivity contribution in [2.75, 3.05) is 5.73 Å². The molecule has 0 atom stereocenters. The molecule has 0 aliphatic rings. The molecule has 0 radical (unpaired) electrons. The molecule has 8 heteroatoms. The van der Waals surface area contributed by atoms with Crippen molar-refractivity contribution in [1.29, 1.82) is 0 Å². The predicted molar refractivity (Wildman–Crippen MR) is 72.5 cm³/mol. The zero-order chi connectivity index (χ0) is 15.7. The topological polar surface area (TPSA) is 154 Å². The van der Waals surface area contributed by atoms with Crippen LogP contribution in [0.3, 0.4) is 0 Å². The molecule has 6 N–H and O–H groups in total. The van der Waals surface area contributed by atoms with E-state index in [1.54, 1.807) is 0 Å². The number of pyridine rings is 1. The SMILES string of the molecule is Nc1[nH]c(=O)c(C(=O)O)c(-c2cccc(O)c2)c1C(=O)O. The van der Waals surface area contributed by atoms with E-state index in [1.807, 2.05) is 4.98 Å². The Morgan fingerprint density at radius 2 is 1.71 bits per heavy atom. The third-order valence-electron chi connectivity index (χ3n) is 2.81. The van der Waals surface area contributed by atoms with Crippen molar-refractivity contribution in [2.45, 2.75) is 0 Å². The van der Waals surface area contributed by atoms with Crippen molar-refractivity contribution < 1.29 is 24.9 Å². The second kappa shape index (κ2) is 5.00. The molecule has 1 aromatic heterocycles. The van der Waals surface area contributed by atoms with Gasteiger partial charge in [-0.05, 0) is 17.7 Å². The minimum absolute atomic E-state index is 0.0580. The Bertz CT molecular complexity index is 809. The van der Waals surface area contributed by atoms with Gasteiger partial charge in [-0.25, -0.2) is 9.59 Å². The first-order valence-electron chi connectivity index (χ1n) is 5.64. The normalized spacial score (nSPS) is 10.3. The molecule has 1 heterocycles. The van der Waals surface area contributed by atoms with Gasteiger partial charge in [-0.15, -0.1) is 0 Å². The quantitative estimate of drug-likeness (QED) is 0.558. The molecule has 0 amide bonds. The second-order valence-corrected chi connectivity index (χ2v) is 4.15. The Kier molecular flexibility index (Phi) is 3.37. The third kappa shape index (κ3) is 2.41. The number of phenolic OH excluding ortho intramolecular Hbond substituents is 1. The van der Waals surface area contributed by atoms with E-state index in [-0.39, 0.29) is 16.9 Å². The Labute approximate surface area is 117 Å². The monoisotopic (exact) mass is 290 g/mol. The summed E-state index contributed by atoms with van der Waals surface area (Å²) in [4.78, 5) is 36.4. The van der Waals surface area contributed by atoms with E-state index in [2.05, 4.69) is 0 Å². The maximum atomic E-state index is 11.8. The fourth-order valence-electron chi connectivity index (χ4n) is 2.00. The molecule has 108 valence electrons. The first-order chi connectivity index (χ1) is 9.82. The number of carbonyl (C=O) groups is 2. The summed E-state index contributed by atoms with van der Waals surface area (Å²) in [7, 11) is 0. The van der Waals surface area contributed by atoms with Crippen LogP contribution in [0, 0.1) is 0 Å². The number of aromatic carboxylic acids is 2. The number of hydrogen-bond donors (Lipinski definition) is 5. The molecule has 0 fully saturated rings. The van der Waals surface area contributed by atoms with E-state index >= 15 is 0 Å². The summed E-state index contributed by atoms with van der Waals surface area (Å²) in [6.07, 6.45) is 0. The van der Waals surface area contributed by atoms with E-state index in [0.717, 1.165) is 6.07 Å². The molecule has 2 rings (SSSR count). The molecule has 1 aromatic carbocycles. The van der Waals surface area contributed by atoms with Gasteiger partial charge in [0.05, 0.1) is 0 Å². The largest absolute Gasteiger partial charge is 0.508 e. The smallest absolute Gasteiger partial charge is 0.342 e.